The van der Waals surface area contributed by atoms with Gasteiger partial charge in [0.15, 0.2) is 0 Å². The Morgan fingerprint density at radius 2 is 2.24 bits per heavy atom. The van der Waals surface area contributed by atoms with Gasteiger partial charge in [-0.2, -0.15) is 0 Å². The van der Waals surface area contributed by atoms with Crippen molar-refractivity contribution < 1.29 is 4.79 Å². The van der Waals surface area contributed by atoms with Gasteiger partial charge in [0.05, 0.1) is 0 Å². The van der Waals surface area contributed by atoms with Gasteiger partial charge >= 0.3 is 0 Å². The Bertz CT molecular complexity index is 416. The highest BCUT2D eigenvalue weighted by atomic mass is 16.2. The molecule has 0 saturated carbocycles. The number of amides is 1. The normalized spacial score (nSPS) is 24.0. The Balaban J connectivity index is 2.24. The fourth-order valence-electron chi connectivity index (χ4n) is 2.66. The quantitative estimate of drug-likeness (QED) is 0.797. The molecular formula is C14H20N2O. The van der Waals surface area contributed by atoms with E-state index in [1.165, 1.54) is 0 Å². The number of nitrogens with two attached hydrogens (primary N) is 1. The number of benzene rings is 1. The molecular weight excluding hydrogens is 212 g/mol. The van der Waals surface area contributed by atoms with E-state index < -0.39 is 0 Å². The van der Waals surface area contributed by atoms with Crippen LogP contribution in [0.3, 0.4) is 0 Å². The molecule has 2 rings (SSSR count). The summed E-state index contributed by atoms with van der Waals surface area (Å²) < 4.78 is 0. The van der Waals surface area contributed by atoms with Crippen molar-refractivity contribution in [2.24, 2.45) is 0 Å². The standard InChI is InChI=1S/C14H20N2O/c1-3-13-8-7-10(2)16(13)14(17)11-5-4-6-12(15)9-11/h4-6,9-10,13H,3,7-8,15H2,1-2H3. The molecule has 1 aliphatic heterocycles. The van der Waals surface area contributed by atoms with Gasteiger partial charge in [-0.15, -0.1) is 0 Å². The molecule has 1 aromatic rings. The second kappa shape index (κ2) is 4.78. The Morgan fingerprint density at radius 1 is 1.47 bits per heavy atom. The van der Waals surface area contributed by atoms with Gasteiger partial charge in [-0.3, -0.25) is 4.79 Å². The van der Waals surface area contributed by atoms with E-state index in [1.807, 2.05) is 23.1 Å². The molecule has 0 radical (unpaired) electrons. The van der Waals surface area contributed by atoms with Gasteiger partial charge in [0.1, 0.15) is 0 Å². The molecule has 92 valence electrons. The van der Waals surface area contributed by atoms with Gasteiger partial charge in [0, 0.05) is 23.3 Å². The average Bonchev–Trinajstić information content (AvgIpc) is 2.69. The molecule has 0 aromatic heterocycles. The van der Waals surface area contributed by atoms with Crippen LogP contribution in [-0.2, 0) is 0 Å². The zero-order valence-corrected chi connectivity index (χ0v) is 10.5. The number of carbonyl (C=O) groups excluding carboxylic acids is 1. The van der Waals surface area contributed by atoms with Crippen molar-refractivity contribution in [3.63, 3.8) is 0 Å². The van der Waals surface area contributed by atoms with Gasteiger partial charge in [-0.1, -0.05) is 13.0 Å². The molecule has 3 heteroatoms. The van der Waals surface area contributed by atoms with Crippen LogP contribution in [0.15, 0.2) is 24.3 Å². The maximum Gasteiger partial charge on any atom is 0.254 e. The van der Waals surface area contributed by atoms with Crippen LogP contribution in [0.5, 0.6) is 0 Å². The van der Waals surface area contributed by atoms with Crippen LogP contribution in [0.2, 0.25) is 0 Å². The smallest absolute Gasteiger partial charge is 0.254 e. The first-order chi connectivity index (χ1) is 8.13. The number of anilines is 1. The summed E-state index contributed by atoms with van der Waals surface area (Å²) in [4.78, 5) is 14.5. The number of likely N-dealkylation sites (tertiary alicyclic amines) is 1. The minimum atomic E-state index is 0.120. The van der Waals surface area contributed by atoms with E-state index >= 15 is 0 Å². The first kappa shape index (κ1) is 12.0. The number of hydrogen-bond donors (Lipinski definition) is 1. The van der Waals surface area contributed by atoms with Crippen molar-refractivity contribution in [2.45, 2.75) is 45.2 Å². The maximum atomic E-state index is 12.4. The largest absolute Gasteiger partial charge is 0.399 e. The summed E-state index contributed by atoms with van der Waals surface area (Å²) in [6, 6.07) is 7.98. The third-order valence-electron chi connectivity index (χ3n) is 3.63. The van der Waals surface area contributed by atoms with E-state index in [4.69, 9.17) is 5.73 Å². The number of rotatable bonds is 2. The van der Waals surface area contributed by atoms with E-state index in [9.17, 15) is 4.79 Å². The molecule has 0 bridgehead atoms. The van der Waals surface area contributed by atoms with Crippen molar-refractivity contribution in [3.8, 4) is 0 Å². The fraction of sp³-hybridized carbons (Fsp3) is 0.500. The molecule has 3 nitrogen and oxygen atoms in total. The lowest BCUT2D eigenvalue weighted by atomic mass is 10.1. The molecule has 1 amide bonds. The van der Waals surface area contributed by atoms with Crippen LogP contribution < -0.4 is 5.73 Å². The highest BCUT2D eigenvalue weighted by molar-refractivity contribution is 5.95. The Morgan fingerprint density at radius 3 is 2.88 bits per heavy atom. The predicted molar refractivity (Wildman–Crippen MR) is 69.8 cm³/mol. The minimum absolute atomic E-state index is 0.120. The first-order valence-corrected chi connectivity index (χ1v) is 6.31. The number of nitrogens with zero attached hydrogens (tertiary/aromatic N) is 1. The Labute approximate surface area is 103 Å². The topological polar surface area (TPSA) is 46.3 Å². The summed E-state index contributed by atoms with van der Waals surface area (Å²) in [5, 5.41) is 0. The average molecular weight is 232 g/mol. The van der Waals surface area contributed by atoms with Gasteiger partial charge in [-0.25, -0.2) is 0 Å². The SMILES string of the molecule is CCC1CCC(C)N1C(=O)c1cccc(N)c1. The summed E-state index contributed by atoms with van der Waals surface area (Å²) in [5.41, 5.74) is 7.08. The van der Waals surface area contributed by atoms with E-state index in [0.717, 1.165) is 19.3 Å². The molecule has 1 heterocycles. The van der Waals surface area contributed by atoms with Crippen molar-refractivity contribution in [1.82, 2.24) is 4.90 Å². The van der Waals surface area contributed by atoms with E-state index in [-0.39, 0.29) is 5.91 Å². The lowest BCUT2D eigenvalue weighted by molar-refractivity contribution is 0.0676. The molecule has 1 saturated heterocycles. The lowest BCUT2D eigenvalue weighted by Crippen LogP contribution is -2.39. The van der Waals surface area contributed by atoms with Crippen molar-refractivity contribution >= 4 is 11.6 Å². The second-order valence-electron chi connectivity index (χ2n) is 4.83. The molecule has 1 fully saturated rings. The summed E-state index contributed by atoms with van der Waals surface area (Å²) in [7, 11) is 0. The van der Waals surface area contributed by atoms with Crippen molar-refractivity contribution in [3.05, 3.63) is 29.8 Å². The van der Waals surface area contributed by atoms with Crippen LogP contribution in [0.1, 0.15) is 43.5 Å². The third-order valence-corrected chi connectivity index (χ3v) is 3.63. The minimum Gasteiger partial charge on any atom is -0.399 e. The van der Waals surface area contributed by atoms with Crippen LogP contribution in [0, 0.1) is 0 Å². The van der Waals surface area contributed by atoms with E-state index in [1.54, 1.807) is 6.07 Å². The summed E-state index contributed by atoms with van der Waals surface area (Å²) in [6.45, 7) is 4.27. The van der Waals surface area contributed by atoms with E-state index in [0.29, 0.717) is 23.3 Å². The van der Waals surface area contributed by atoms with Crippen LogP contribution >= 0.6 is 0 Å². The molecule has 2 N–H and O–H groups in total. The monoisotopic (exact) mass is 232 g/mol. The third kappa shape index (κ3) is 2.28. The lowest BCUT2D eigenvalue weighted by Gasteiger charge is -2.28. The van der Waals surface area contributed by atoms with Crippen LogP contribution in [-0.4, -0.2) is 22.9 Å². The zero-order valence-electron chi connectivity index (χ0n) is 10.5. The first-order valence-electron chi connectivity index (χ1n) is 6.31. The summed E-state index contributed by atoms with van der Waals surface area (Å²) in [6.07, 6.45) is 3.25. The molecule has 0 spiro atoms. The van der Waals surface area contributed by atoms with Gasteiger partial charge in [-0.05, 0) is 44.4 Å². The van der Waals surface area contributed by atoms with Gasteiger partial charge in [0.25, 0.3) is 5.91 Å². The van der Waals surface area contributed by atoms with Crippen LogP contribution in [0.4, 0.5) is 5.69 Å². The maximum absolute atomic E-state index is 12.4. The molecule has 0 aliphatic carbocycles. The predicted octanol–water partition coefficient (Wildman–Crippen LogP) is 2.67. The van der Waals surface area contributed by atoms with Crippen LogP contribution in [0.25, 0.3) is 0 Å². The zero-order chi connectivity index (χ0) is 12.4. The molecule has 2 atom stereocenters. The van der Waals surface area contributed by atoms with Crippen molar-refractivity contribution in [2.75, 3.05) is 5.73 Å². The highest BCUT2D eigenvalue weighted by Gasteiger charge is 2.33. The van der Waals surface area contributed by atoms with Crippen molar-refractivity contribution in [1.29, 1.82) is 0 Å². The number of carbonyl (C=O) groups is 1. The molecule has 17 heavy (non-hydrogen) atoms. The van der Waals surface area contributed by atoms with Gasteiger partial charge < -0.3 is 10.6 Å². The summed E-state index contributed by atoms with van der Waals surface area (Å²) in [5.74, 6) is 0.120. The fourth-order valence-corrected chi connectivity index (χ4v) is 2.66. The highest BCUT2D eigenvalue weighted by Crippen LogP contribution is 2.28. The number of nitrogen functional groups attached to an aromatic ring is 1. The molecule has 1 aliphatic rings. The summed E-state index contributed by atoms with van der Waals surface area (Å²) >= 11 is 0. The Hall–Kier alpha value is -1.51. The van der Waals surface area contributed by atoms with Gasteiger partial charge in [0.2, 0.25) is 0 Å². The second-order valence-corrected chi connectivity index (χ2v) is 4.83. The molecule has 1 aromatic carbocycles. The van der Waals surface area contributed by atoms with E-state index in [2.05, 4.69) is 13.8 Å². The Kier molecular flexibility index (Phi) is 3.36. The number of hydrogen-bond acceptors (Lipinski definition) is 2. The molecule has 2 unspecified atom stereocenters.